The summed E-state index contributed by atoms with van der Waals surface area (Å²) in [7, 11) is 0. The molecule has 3 rings (SSSR count). The van der Waals surface area contributed by atoms with Gasteiger partial charge in [-0.05, 0) is 30.9 Å². The van der Waals surface area contributed by atoms with Crippen LogP contribution in [0.5, 0.6) is 0 Å². The van der Waals surface area contributed by atoms with E-state index in [9.17, 15) is 18.0 Å². The van der Waals surface area contributed by atoms with E-state index in [1.165, 1.54) is 0 Å². The summed E-state index contributed by atoms with van der Waals surface area (Å²) in [6.45, 7) is 6.18. The van der Waals surface area contributed by atoms with Gasteiger partial charge in [0.25, 0.3) is 6.47 Å². The highest BCUT2D eigenvalue weighted by molar-refractivity contribution is 5.77. The van der Waals surface area contributed by atoms with Crippen LogP contribution in [0.1, 0.15) is 63.4 Å². The molecule has 0 radical (unpaired) electrons. The number of aromatic nitrogens is 2. The first-order chi connectivity index (χ1) is 15.0. The molecule has 2 aromatic rings. The van der Waals surface area contributed by atoms with Crippen LogP contribution < -0.4 is 5.73 Å². The molecule has 8 nitrogen and oxygen atoms in total. The van der Waals surface area contributed by atoms with E-state index in [2.05, 4.69) is 10.1 Å². The molecule has 176 valence electrons. The topological polar surface area (TPSA) is 123 Å². The number of carbonyl (C=O) groups excluding carboxylic acids is 1. The highest BCUT2D eigenvalue weighted by Crippen LogP contribution is 2.33. The van der Waals surface area contributed by atoms with Gasteiger partial charge in [-0.15, -0.1) is 0 Å². The molecule has 2 heterocycles. The molecule has 32 heavy (non-hydrogen) atoms. The molecule has 3 N–H and O–H groups in total. The minimum atomic E-state index is -1.26. The number of benzene rings is 1. The van der Waals surface area contributed by atoms with Crippen molar-refractivity contribution in [3.05, 3.63) is 46.9 Å². The van der Waals surface area contributed by atoms with Crippen molar-refractivity contribution >= 4 is 12.4 Å². The first-order valence-corrected chi connectivity index (χ1v) is 10.1. The number of likely N-dealkylation sites (tertiary alicyclic amines) is 1. The number of hydrogen-bond donors (Lipinski definition) is 2. The van der Waals surface area contributed by atoms with Crippen molar-refractivity contribution < 1.29 is 32.4 Å². The van der Waals surface area contributed by atoms with Gasteiger partial charge in [0.15, 0.2) is 17.5 Å². The van der Waals surface area contributed by atoms with Gasteiger partial charge in [-0.25, -0.2) is 13.2 Å². The number of amides is 1. The molecule has 0 saturated carbocycles. The highest BCUT2D eigenvalue weighted by Gasteiger charge is 2.35. The Balaban J connectivity index is 0.00000114. The minimum absolute atomic E-state index is 0.0603. The average Bonchev–Trinajstić information content (AvgIpc) is 3.35. The number of carbonyl (C=O) groups is 2. The fourth-order valence-electron chi connectivity index (χ4n) is 3.41. The Morgan fingerprint density at radius 1 is 1.31 bits per heavy atom. The van der Waals surface area contributed by atoms with Crippen LogP contribution >= 0.6 is 0 Å². The number of rotatable bonds is 5. The third-order valence-corrected chi connectivity index (χ3v) is 4.98. The number of halogens is 3. The van der Waals surface area contributed by atoms with E-state index in [-0.39, 0.29) is 42.2 Å². The van der Waals surface area contributed by atoms with Gasteiger partial charge in [0.2, 0.25) is 11.8 Å². The fourth-order valence-corrected chi connectivity index (χ4v) is 3.41. The molecule has 1 saturated heterocycles. The minimum Gasteiger partial charge on any atom is -0.483 e. The van der Waals surface area contributed by atoms with E-state index in [0.29, 0.717) is 30.7 Å². The summed E-state index contributed by atoms with van der Waals surface area (Å²) in [4.78, 5) is 27.2. The third-order valence-electron chi connectivity index (χ3n) is 4.98. The molecule has 1 aliphatic heterocycles. The third kappa shape index (κ3) is 6.28. The van der Waals surface area contributed by atoms with Crippen LogP contribution in [0.25, 0.3) is 0 Å². The number of nitrogens with zero attached hydrogens (tertiary/aromatic N) is 3. The highest BCUT2D eigenvalue weighted by atomic mass is 19.2. The lowest BCUT2D eigenvalue weighted by Crippen LogP contribution is -2.36. The molecule has 1 fully saturated rings. The summed E-state index contributed by atoms with van der Waals surface area (Å²) in [5, 5.41) is 10.9. The van der Waals surface area contributed by atoms with Crippen molar-refractivity contribution in [1.29, 1.82) is 0 Å². The Bertz CT molecular complexity index is 946. The van der Waals surface area contributed by atoms with Crippen LogP contribution in [0.4, 0.5) is 13.2 Å². The summed E-state index contributed by atoms with van der Waals surface area (Å²) >= 11 is 0. The predicted octanol–water partition coefficient (Wildman–Crippen LogP) is 3.11. The Morgan fingerprint density at radius 2 is 1.94 bits per heavy atom. The molecule has 0 spiro atoms. The zero-order chi connectivity index (χ0) is 24.1. The van der Waals surface area contributed by atoms with Crippen LogP contribution in [0.3, 0.4) is 0 Å². The fraction of sp³-hybridized carbons (Fsp3) is 0.524. The lowest BCUT2D eigenvalue weighted by Gasteiger charge is -2.23. The predicted molar refractivity (Wildman–Crippen MR) is 108 cm³/mol. The molecule has 1 aromatic heterocycles. The summed E-state index contributed by atoms with van der Waals surface area (Å²) < 4.78 is 45.6. The lowest BCUT2D eigenvalue weighted by molar-refractivity contribution is -0.133. The molecular formula is C21H27F3N4O4. The van der Waals surface area contributed by atoms with Crippen molar-refractivity contribution in [2.75, 3.05) is 6.54 Å². The van der Waals surface area contributed by atoms with Crippen molar-refractivity contribution in [1.82, 2.24) is 15.0 Å². The van der Waals surface area contributed by atoms with Crippen molar-refractivity contribution in [2.45, 2.75) is 64.0 Å². The molecule has 0 bridgehead atoms. The number of hydrogen-bond acceptors (Lipinski definition) is 6. The van der Waals surface area contributed by atoms with Crippen LogP contribution in [0.2, 0.25) is 0 Å². The van der Waals surface area contributed by atoms with E-state index < -0.39 is 23.5 Å². The van der Waals surface area contributed by atoms with Crippen LogP contribution in [-0.4, -0.2) is 45.1 Å². The zero-order valence-electron chi connectivity index (χ0n) is 18.1. The second-order valence-corrected chi connectivity index (χ2v) is 8.58. The summed E-state index contributed by atoms with van der Waals surface area (Å²) in [6, 6.07) is 0.201. The lowest BCUT2D eigenvalue weighted by atomic mass is 9.96. The van der Waals surface area contributed by atoms with Crippen molar-refractivity contribution in [2.24, 2.45) is 5.73 Å². The van der Waals surface area contributed by atoms with Crippen molar-refractivity contribution in [3.63, 3.8) is 0 Å². The quantitative estimate of drug-likeness (QED) is 0.524. The maximum atomic E-state index is 13.8. The Morgan fingerprint density at radius 3 is 2.53 bits per heavy atom. The van der Waals surface area contributed by atoms with E-state index in [0.717, 1.165) is 12.5 Å². The molecule has 11 heteroatoms. The van der Waals surface area contributed by atoms with Crippen LogP contribution in [-0.2, 0) is 21.4 Å². The second-order valence-electron chi connectivity index (χ2n) is 8.58. The van der Waals surface area contributed by atoms with E-state index in [1.54, 1.807) is 4.90 Å². The maximum Gasteiger partial charge on any atom is 0.290 e. The zero-order valence-corrected chi connectivity index (χ0v) is 18.1. The van der Waals surface area contributed by atoms with Gasteiger partial charge >= 0.3 is 0 Å². The molecule has 1 aromatic carbocycles. The Labute approximate surface area is 183 Å². The van der Waals surface area contributed by atoms with Gasteiger partial charge < -0.3 is 20.3 Å². The van der Waals surface area contributed by atoms with Crippen molar-refractivity contribution in [3.8, 4) is 0 Å². The van der Waals surface area contributed by atoms with Gasteiger partial charge in [-0.3, -0.25) is 9.59 Å². The molecule has 1 amide bonds. The Kier molecular flexibility index (Phi) is 8.37. The average molecular weight is 456 g/mol. The van der Waals surface area contributed by atoms with Gasteiger partial charge in [-0.2, -0.15) is 4.98 Å². The molecule has 2 atom stereocenters. The van der Waals surface area contributed by atoms with Gasteiger partial charge in [0.1, 0.15) is 11.9 Å². The SMILES string of the molecule is CC(C)(C)c1noc(C2CCCN2C(=O)CC(N)Cc2cc(F)c(F)cc2F)n1.O=CO. The normalized spacial score (nSPS) is 17.0. The largest absolute Gasteiger partial charge is 0.483 e. The van der Waals surface area contributed by atoms with E-state index >= 15 is 0 Å². The standard InChI is InChI=1S/C20H25F3N4O2.CH2O2/c1-20(2,3)19-25-18(29-26-19)16-5-4-6-27(16)17(28)9-12(24)7-11-8-14(22)15(23)10-13(11)21;2-1-3/h8,10,12,16H,4-7,9,24H2,1-3H3;1H,(H,2,3). The number of carboxylic acid groups (broad SMARTS) is 1. The van der Waals surface area contributed by atoms with E-state index in [1.807, 2.05) is 20.8 Å². The van der Waals surface area contributed by atoms with Gasteiger partial charge in [0, 0.05) is 30.5 Å². The monoisotopic (exact) mass is 456 g/mol. The summed E-state index contributed by atoms with van der Waals surface area (Å²) in [5.74, 6) is -2.56. The second kappa shape index (κ2) is 10.6. The first-order valence-electron chi connectivity index (χ1n) is 10.1. The van der Waals surface area contributed by atoms with Crippen LogP contribution in [0.15, 0.2) is 16.7 Å². The van der Waals surface area contributed by atoms with E-state index in [4.69, 9.17) is 20.2 Å². The summed E-state index contributed by atoms with van der Waals surface area (Å²) in [6.07, 6.45) is 1.35. The first kappa shape index (κ1) is 25.3. The smallest absolute Gasteiger partial charge is 0.290 e. The summed E-state index contributed by atoms with van der Waals surface area (Å²) in [5.41, 5.74) is 5.66. The molecule has 0 aliphatic carbocycles. The van der Waals surface area contributed by atoms with Crippen LogP contribution in [0, 0.1) is 17.5 Å². The Hall–Kier alpha value is -2.95. The molecular weight excluding hydrogens is 429 g/mol. The maximum absolute atomic E-state index is 13.8. The number of nitrogens with two attached hydrogens (primary N) is 1. The van der Waals surface area contributed by atoms with Gasteiger partial charge in [-0.1, -0.05) is 25.9 Å². The van der Waals surface area contributed by atoms with Gasteiger partial charge in [0.05, 0.1) is 0 Å². The molecule has 2 unspecified atom stereocenters. The molecule has 1 aliphatic rings.